The van der Waals surface area contributed by atoms with E-state index in [1.165, 1.54) is 33.8 Å². The lowest BCUT2D eigenvalue weighted by molar-refractivity contribution is 0.759. The number of aromatic nitrogens is 3. The summed E-state index contributed by atoms with van der Waals surface area (Å²) in [5, 5.41) is 1.31. The van der Waals surface area contributed by atoms with Gasteiger partial charge in [-0.15, -0.1) is 11.3 Å². The molecule has 0 fully saturated rings. The van der Waals surface area contributed by atoms with Crippen molar-refractivity contribution >= 4 is 56.3 Å². The molecule has 0 radical (unpaired) electrons. The Labute approximate surface area is 126 Å². The molecule has 0 atom stereocenters. The second-order valence-electron chi connectivity index (χ2n) is 3.96. The van der Waals surface area contributed by atoms with Crippen LogP contribution in [0.4, 0.5) is 0 Å². The molecule has 3 aromatic heterocycles. The van der Waals surface area contributed by atoms with Gasteiger partial charge in [0.2, 0.25) is 0 Å². The van der Waals surface area contributed by atoms with Crippen molar-refractivity contribution in [3.63, 3.8) is 0 Å². The van der Waals surface area contributed by atoms with Crippen molar-refractivity contribution in [2.45, 2.75) is 13.5 Å². The zero-order chi connectivity index (χ0) is 13.6. The normalized spacial score (nSPS) is 11.3. The summed E-state index contributed by atoms with van der Waals surface area (Å²) in [6.07, 6.45) is 1.53. The number of aryl methyl sites for hydroxylation is 1. The number of thiophene rings is 1. The van der Waals surface area contributed by atoms with Crippen molar-refractivity contribution in [2.24, 2.45) is 0 Å². The molecule has 98 valence electrons. The smallest absolute Gasteiger partial charge is 0.262 e. The fourth-order valence-corrected chi connectivity index (χ4v) is 3.76. The zero-order valence-electron chi connectivity index (χ0n) is 9.68. The molecule has 0 spiro atoms. The van der Waals surface area contributed by atoms with Gasteiger partial charge >= 0.3 is 0 Å². The van der Waals surface area contributed by atoms with Crippen molar-refractivity contribution < 1.29 is 0 Å². The maximum absolute atomic E-state index is 12.3. The molecule has 19 heavy (non-hydrogen) atoms. The monoisotopic (exact) mass is 331 g/mol. The molecule has 3 aromatic rings. The molecule has 0 aliphatic carbocycles. The maximum atomic E-state index is 12.3. The Balaban J connectivity index is 2.08. The Kier molecular flexibility index (Phi) is 3.34. The fourth-order valence-electron chi connectivity index (χ4n) is 1.74. The molecule has 0 saturated heterocycles. The number of hydrogen-bond donors (Lipinski definition) is 0. The standard InChI is InChI=1S/C11H7Cl2N3OS2/c1-5-2-6-10(18-5)14-4-16(11(6)17)3-7-8(12)9(13)15-19-7/h2,4H,3H2,1H3. The SMILES string of the molecule is Cc1cc2c(=O)n(Cc3snc(Cl)c3Cl)cnc2s1. The minimum Gasteiger partial charge on any atom is -0.293 e. The van der Waals surface area contributed by atoms with Crippen molar-refractivity contribution in [1.82, 2.24) is 13.9 Å². The van der Waals surface area contributed by atoms with Crippen LogP contribution in [0.3, 0.4) is 0 Å². The minimum atomic E-state index is -0.0741. The Bertz CT molecular complexity index is 821. The molecule has 4 nitrogen and oxygen atoms in total. The third-order valence-corrected chi connectivity index (χ3v) is 5.39. The fraction of sp³-hybridized carbons (Fsp3) is 0.182. The highest BCUT2D eigenvalue weighted by Crippen LogP contribution is 2.29. The summed E-state index contributed by atoms with van der Waals surface area (Å²) in [7, 11) is 0. The summed E-state index contributed by atoms with van der Waals surface area (Å²) >= 11 is 14.5. The molecular weight excluding hydrogens is 325 g/mol. The maximum Gasteiger partial charge on any atom is 0.262 e. The van der Waals surface area contributed by atoms with Crippen LogP contribution in [0.5, 0.6) is 0 Å². The topological polar surface area (TPSA) is 47.8 Å². The predicted octanol–water partition coefficient (Wildman–Crippen LogP) is 3.58. The van der Waals surface area contributed by atoms with Crippen molar-refractivity contribution in [1.29, 1.82) is 0 Å². The van der Waals surface area contributed by atoms with Gasteiger partial charge in [0.25, 0.3) is 5.56 Å². The lowest BCUT2D eigenvalue weighted by Gasteiger charge is -2.02. The van der Waals surface area contributed by atoms with Gasteiger partial charge in [-0.3, -0.25) is 9.36 Å². The van der Waals surface area contributed by atoms with Gasteiger partial charge in [0.05, 0.1) is 28.2 Å². The zero-order valence-corrected chi connectivity index (χ0v) is 12.8. The van der Waals surface area contributed by atoms with Gasteiger partial charge in [-0.05, 0) is 24.5 Å². The quantitative estimate of drug-likeness (QED) is 0.721. The Hall–Kier alpha value is -0.950. The summed E-state index contributed by atoms with van der Waals surface area (Å²) in [6.45, 7) is 2.29. The van der Waals surface area contributed by atoms with Crippen LogP contribution in [0.2, 0.25) is 10.2 Å². The lowest BCUT2D eigenvalue weighted by atomic mass is 10.3. The Morgan fingerprint density at radius 3 is 2.89 bits per heavy atom. The third kappa shape index (κ3) is 2.29. The average molecular weight is 332 g/mol. The molecule has 0 aliphatic heterocycles. The molecule has 0 aromatic carbocycles. The van der Waals surface area contributed by atoms with Gasteiger partial charge in [-0.2, -0.15) is 4.37 Å². The summed E-state index contributed by atoms with van der Waals surface area (Å²) in [5.74, 6) is 0. The molecule has 3 heterocycles. The van der Waals surface area contributed by atoms with Gasteiger partial charge in [-0.1, -0.05) is 23.2 Å². The molecule has 0 unspecified atom stereocenters. The molecular formula is C11H7Cl2N3OS2. The van der Waals surface area contributed by atoms with E-state index in [9.17, 15) is 4.79 Å². The summed E-state index contributed by atoms with van der Waals surface area (Å²) < 4.78 is 5.47. The first-order valence-corrected chi connectivity index (χ1v) is 7.66. The van der Waals surface area contributed by atoms with E-state index in [0.717, 1.165) is 14.6 Å². The second kappa shape index (κ2) is 4.86. The molecule has 8 heteroatoms. The van der Waals surface area contributed by atoms with Crippen molar-refractivity contribution in [3.05, 3.63) is 42.7 Å². The van der Waals surface area contributed by atoms with Crippen molar-refractivity contribution in [2.75, 3.05) is 0 Å². The van der Waals surface area contributed by atoms with E-state index in [-0.39, 0.29) is 10.7 Å². The highest BCUT2D eigenvalue weighted by atomic mass is 35.5. The van der Waals surface area contributed by atoms with E-state index in [2.05, 4.69) is 9.36 Å². The molecule has 0 aliphatic rings. The summed E-state index contributed by atoms with van der Waals surface area (Å²) in [4.78, 5) is 19.2. The summed E-state index contributed by atoms with van der Waals surface area (Å²) in [5.41, 5.74) is -0.0741. The molecule has 0 saturated carbocycles. The lowest BCUT2D eigenvalue weighted by Crippen LogP contribution is -2.20. The van der Waals surface area contributed by atoms with E-state index < -0.39 is 0 Å². The number of nitrogens with zero attached hydrogens (tertiary/aromatic N) is 3. The van der Waals surface area contributed by atoms with E-state index in [4.69, 9.17) is 23.2 Å². The molecule has 0 bridgehead atoms. The van der Waals surface area contributed by atoms with Gasteiger partial charge in [0, 0.05) is 4.88 Å². The van der Waals surface area contributed by atoms with Gasteiger partial charge in [-0.25, -0.2) is 4.98 Å². The van der Waals surface area contributed by atoms with Gasteiger partial charge in [0.15, 0.2) is 5.15 Å². The Morgan fingerprint density at radius 1 is 1.42 bits per heavy atom. The second-order valence-corrected chi connectivity index (χ2v) is 6.79. The average Bonchev–Trinajstić information content (AvgIpc) is 2.90. The minimum absolute atomic E-state index is 0.0741. The number of fused-ring (bicyclic) bond motifs is 1. The first-order chi connectivity index (χ1) is 9.06. The summed E-state index contributed by atoms with van der Waals surface area (Å²) in [6, 6.07) is 1.85. The van der Waals surface area contributed by atoms with E-state index in [0.29, 0.717) is 17.0 Å². The van der Waals surface area contributed by atoms with Gasteiger partial charge in [0.1, 0.15) is 4.83 Å². The van der Waals surface area contributed by atoms with E-state index in [1.54, 1.807) is 0 Å². The highest BCUT2D eigenvalue weighted by Gasteiger charge is 2.13. The largest absolute Gasteiger partial charge is 0.293 e. The third-order valence-electron chi connectivity index (χ3n) is 2.62. The first-order valence-electron chi connectivity index (χ1n) is 5.31. The van der Waals surface area contributed by atoms with Crippen LogP contribution in [0.1, 0.15) is 9.75 Å². The van der Waals surface area contributed by atoms with Crippen LogP contribution < -0.4 is 5.56 Å². The van der Waals surface area contributed by atoms with Crippen LogP contribution >= 0.6 is 46.1 Å². The van der Waals surface area contributed by atoms with Crippen LogP contribution in [0, 0.1) is 6.92 Å². The van der Waals surface area contributed by atoms with Crippen molar-refractivity contribution in [3.8, 4) is 0 Å². The molecule has 0 amide bonds. The van der Waals surface area contributed by atoms with Crippen LogP contribution in [-0.2, 0) is 6.54 Å². The first kappa shape index (κ1) is 13.1. The number of rotatable bonds is 2. The van der Waals surface area contributed by atoms with E-state index in [1.807, 2.05) is 13.0 Å². The van der Waals surface area contributed by atoms with Crippen LogP contribution in [0.15, 0.2) is 17.2 Å². The van der Waals surface area contributed by atoms with Crippen LogP contribution in [-0.4, -0.2) is 13.9 Å². The molecule has 0 N–H and O–H groups in total. The number of halogens is 2. The predicted molar refractivity (Wildman–Crippen MR) is 79.9 cm³/mol. The highest BCUT2D eigenvalue weighted by molar-refractivity contribution is 7.18. The number of hydrogen-bond acceptors (Lipinski definition) is 5. The molecule has 3 rings (SSSR count). The van der Waals surface area contributed by atoms with Crippen LogP contribution in [0.25, 0.3) is 10.2 Å². The van der Waals surface area contributed by atoms with E-state index >= 15 is 0 Å². The van der Waals surface area contributed by atoms with Gasteiger partial charge < -0.3 is 0 Å². The Morgan fingerprint density at radius 2 is 2.21 bits per heavy atom.